The summed E-state index contributed by atoms with van der Waals surface area (Å²) in [5, 5.41) is 4.62. The zero-order chi connectivity index (χ0) is 15.4. The molecule has 0 unspecified atom stereocenters. The predicted octanol–water partition coefficient (Wildman–Crippen LogP) is 4.14. The first-order valence-electron chi connectivity index (χ1n) is 6.77. The molecule has 3 N–H and O–H groups in total. The van der Waals surface area contributed by atoms with Crippen molar-refractivity contribution in [2.24, 2.45) is 0 Å². The maximum atomic E-state index is 6.16. The molecule has 0 aliphatic rings. The fraction of sp³-hybridized carbons (Fsp3) is 0.333. The number of nitrogens with zero attached hydrogens (tertiary/aromatic N) is 2. The fourth-order valence-electron chi connectivity index (χ4n) is 2.16. The van der Waals surface area contributed by atoms with E-state index in [0.717, 1.165) is 23.4 Å². The molecule has 0 aliphatic heterocycles. The number of halogens is 2. The minimum absolute atomic E-state index is 0.257. The highest BCUT2D eigenvalue weighted by molar-refractivity contribution is 6.35. The lowest BCUT2D eigenvalue weighted by atomic mass is 10.0. The highest BCUT2D eigenvalue weighted by Gasteiger charge is 2.12. The molecule has 21 heavy (non-hydrogen) atoms. The van der Waals surface area contributed by atoms with Gasteiger partial charge in [0.1, 0.15) is 18.0 Å². The summed E-state index contributed by atoms with van der Waals surface area (Å²) < 4.78 is 0. The molecule has 2 aromatic rings. The van der Waals surface area contributed by atoms with Crippen molar-refractivity contribution >= 4 is 34.8 Å². The zero-order valence-corrected chi connectivity index (χ0v) is 13.5. The van der Waals surface area contributed by atoms with E-state index in [-0.39, 0.29) is 5.92 Å². The van der Waals surface area contributed by atoms with Crippen LogP contribution in [0.3, 0.4) is 0 Å². The number of nitrogen functional groups attached to an aromatic ring is 1. The molecule has 0 amide bonds. The van der Waals surface area contributed by atoms with Gasteiger partial charge in [-0.2, -0.15) is 0 Å². The smallest absolute Gasteiger partial charge is 0.134 e. The predicted molar refractivity (Wildman–Crippen MR) is 89.2 cm³/mol. The number of anilines is 2. The van der Waals surface area contributed by atoms with Crippen molar-refractivity contribution in [1.29, 1.82) is 0 Å². The lowest BCUT2D eigenvalue weighted by molar-refractivity contribution is 0.847. The third kappa shape index (κ3) is 3.99. The molecule has 0 atom stereocenters. The van der Waals surface area contributed by atoms with Crippen LogP contribution in [0, 0.1) is 0 Å². The van der Waals surface area contributed by atoms with Crippen LogP contribution in [0.1, 0.15) is 30.9 Å². The molecule has 0 spiro atoms. The summed E-state index contributed by atoms with van der Waals surface area (Å²) in [4.78, 5) is 8.31. The van der Waals surface area contributed by atoms with Gasteiger partial charge in [0, 0.05) is 22.2 Å². The standard InChI is InChI=1S/C15H18Cl2N4/c1-9(2)13-14(18)20-8-21-15(13)19-6-5-10-3-4-11(16)7-12(10)17/h3-4,7-9H,5-6H2,1-2H3,(H3,18,19,20,21). The lowest BCUT2D eigenvalue weighted by Gasteiger charge is -2.15. The van der Waals surface area contributed by atoms with Gasteiger partial charge in [-0.15, -0.1) is 0 Å². The maximum absolute atomic E-state index is 6.16. The molecule has 4 nitrogen and oxygen atoms in total. The van der Waals surface area contributed by atoms with E-state index in [1.165, 1.54) is 6.33 Å². The van der Waals surface area contributed by atoms with E-state index in [0.29, 0.717) is 22.4 Å². The summed E-state index contributed by atoms with van der Waals surface area (Å²) in [6, 6.07) is 5.52. The molecule has 6 heteroatoms. The summed E-state index contributed by atoms with van der Waals surface area (Å²) in [6.45, 7) is 4.84. The third-order valence-corrected chi connectivity index (χ3v) is 3.78. The van der Waals surface area contributed by atoms with Gasteiger partial charge in [-0.3, -0.25) is 0 Å². The molecule has 1 aromatic carbocycles. The average Bonchev–Trinajstić information content (AvgIpc) is 2.41. The van der Waals surface area contributed by atoms with E-state index in [1.807, 2.05) is 12.1 Å². The number of aromatic nitrogens is 2. The average molecular weight is 325 g/mol. The van der Waals surface area contributed by atoms with Gasteiger partial charge in [-0.25, -0.2) is 9.97 Å². The topological polar surface area (TPSA) is 63.8 Å². The Morgan fingerprint density at radius 2 is 2.00 bits per heavy atom. The van der Waals surface area contributed by atoms with Gasteiger partial charge in [0.05, 0.1) is 0 Å². The molecule has 2 rings (SSSR count). The Labute approximate surface area is 134 Å². The van der Waals surface area contributed by atoms with E-state index < -0.39 is 0 Å². The van der Waals surface area contributed by atoms with E-state index in [9.17, 15) is 0 Å². The number of hydrogen-bond donors (Lipinski definition) is 2. The largest absolute Gasteiger partial charge is 0.383 e. The Hall–Kier alpha value is -1.52. The highest BCUT2D eigenvalue weighted by atomic mass is 35.5. The van der Waals surface area contributed by atoms with Gasteiger partial charge in [0.25, 0.3) is 0 Å². The second-order valence-corrected chi connectivity index (χ2v) is 5.93. The van der Waals surface area contributed by atoms with Crippen LogP contribution in [0.4, 0.5) is 11.6 Å². The second kappa shape index (κ2) is 6.96. The number of hydrogen-bond acceptors (Lipinski definition) is 4. The van der Waals surface area contributed by atoms with E-state index in [2.05, 4.69) is 29.1 Å². The van der Waals surface area contributed by atoms with Crippen LogP contribution in [-0.4, -0.2) is 16.5 Å². The Kier molecular flexibility index (Phi) is 5.26. The van der Waals surface area contributed by atoms with Crippen molar-refractivity contribution in [3.05, 3.63) is 45.7 Å². The number of nitrogens with two attached hydrogens (primary N) is 1. The van der Waals surface area contributed by atoms with Gasteiger partial charge in [-0.05, 0) is 30.0 Å². The van der Waals surface area contributed by atoms with Crippen LogP contribution in [-0.2, 0) is 6.42 Å². The quantitative estimate of drug-likeness (QED) is 0.867. The molecule has 112 valence electrons. The van der Waals surface area contributed by atoms with Gasteiger partial charge >= 0.3 is 0 Å². The summed E-state index contributed by atoms with van der Waals surface area (Å²) in [5.41, 5.74) is 7.91. The van der Waals surface area contributed by atoms with Crippen molar-refractivity contribution in [1.82, 2.24) is 9.97 Å². The monoisotopic (exact) mass is 324 g/mol. The van der Waals surface area contributed by atoms with Crippen LogP contribution in [0.25, 0.3) is 0 Å². The molecule has 1 heterocycles. The Morgan fingerprint density at radius 1 is 1.24 bits per heavy atom. The molecule has 0 bridgehead atoms. The summed E-state index contributed by atoms with van der Waals surface area (Å²) in [5.74, 6) is 1.56. The first-order valence-corrected chi connectivity index (χ1v) is 7.52. The van der Waals surface area contributed by atoms with Gasteiger partial charge in [0.2, 0.25) is 0 Å². The van der Waals surface area contributed by atoms with Crippen molar-refractivity contribution in [2.45, 2.75) is 26.2 Å². The molecule has 0 fully saturated rings. The Balaban J connectivity index is 2.05. The maximum Gasteiger partial charge on any atom is 0.134 e. The minimum Gasteiger partial charge on any atom is -0.383 e. The van der Waals surface area contributed by atoms with Gasteiger partial charge < -0.3 is 11.1 Å². The number of nitrogens with one attached hydrogen (secondary N) is 1. The van der Waals surface area contributed by atoms with Gasteiger partial charge in [-0.1, -0.05) is 43.1 Å². The Bertz CT molecular complexity index is 629. The molecule has 0 aliphatic carbocycles. The van der Waals surface area contributed by atoms with Crippen LogP contribution in [0.2, 0.25) is 10.0 Å². The van der Waals surface area contributed by atoms with Crippen LogP contribution < -0.4 is 11.1 Å². The van der Waals surface area contributed by atoms with Crippen molar-refractivity contribution < 1.29 is 0 Å². The first-order chi connectivity index (χ1) is 9.99. The lowest BCUT2D eigenvalue weighted by Crippen LogP contribution is -2.12. The zero-order valence-electron chi connectivity index (χ0n) is 12.0. The number of benzene rings is 1. The van der Waals surface area contributed by atoms with E-state index in [4.69, 9.17) is 28.9 Å². The van der Waals surface area contributed by atoms with Crippen LogP contribution in [0.5, 0.6) is 0 Å². The fourth-order valence-corrected chi connectivity index (χ4v) is 2.66. The molecule has 0 radical (unpaired) electrons. The second-order valence-electron chi connectivity index (χ2n) is 5.09. The first kappa shape index (κ1) is 15.9. The SMILES string of the molecule is CC(C)c1c(N)ncnc1NCCc1ccc(Cl)cc1Cl. The summed E-state index contributed by atoms with van der Waals surface area (Å²) in [7, 11) is 0. The van der Waals surface area contributed by atoms with E-state index >= 15 is 0 Å². The third-order valence-electron chi connectivity index (χ3n) is 3.19. The van der Waals surface area contributed by atoms with Crippen LogP contribution >= 0.6 is 23.2 Å². The van der Waals surface area contributed by atoms with E-state index in [1.54, 1.807) is 6.07 Å². The van der Waals surface area contributed by atoms with Crippen molar-refractivity contribution in [3.8, 4) is 0 Å². The minimum atomic E-state index is 0.257. The summed E-state index contributed by atoms with van der Waals surface area (Å²) >= 11 is 12.0. The molecule has 0 saturated heterocycles. The van der Waals surface area contributed by atoms with Crippen molar-refractivity contribution in [3.63, 3.8) is 0 Å². The Morgan fingerprint density at radius 3 is 2.67 bits per heavy atom. The molecular weight excluding hydrogens is 307 g/mol. The van der Waals surface area contributed by atoms with Gasteiger partial charge in [0.15, 0.2) is 0 Å². The van der Waals surface area contributed by atoms with Crippen LogP contribution in [0.15, 0.2) is 24.5 Å². The molecule has 0 saturated carbocycles. The summed E-state index contributed by atoms with van der Waals surface area (Å²) in [6.07, 6.45) is 2.25. The molecular formula is C15H18Cl2N4. The van der Waals surface area contributed by atoms with Crippen molar-refractivity contribution in [2.75, 3.05) is 17.6 Å². The molecule has 1 aromatic heterocycles. The highest BCUT2D eigenvalue weighted by Crippen LogP contribution is 2.26. The normalized spacial score (nSPS) is 10.9. The number of rotatable bonds is 5.